The lowest BCUT2D eigenvalue weighted by Gasteiger charge is -2.20. The molecular formula is C20H20N4OS. The first-order valence-corrected chi connectivity index (χ1v) is 9.08. The fourth-order valence-corrected chi connectivity index (χ4v) is 3.83. The molecule has 0 fully saturated rings. The minimum atomic E-state index is -0.455. The number of pyridine rings is 1. The van der Waals surface area contributed by atoms with E-state index in [1.54, 1.807) is 4.90 Å². The topological polar surface area (TPSA) is 80.8 Å². The molecule has 1 heterocycles. The van der Waals surface area contributed by atoms with Gasteiger partial charge in [0.1, 0.15) is 28.8 Å². The third-order valence-electron chi connectivity index (χ3n) is 3.95. The summed E-state index contributed by atoms with van der Waals surface area (Å²) in [6.45, 7) is 3.44. The van der Waals surface area contributed by atoms with E-state index < -0.39 is 5.25 Å². The summed E-state index contributed by atoms with van der Waals surface area (Å²) in [6, 6.07) is 13.8. The number of ketones is 1. The van der Waals surface area contributed by atoms with Gasteiger partial charge in [-0.3, -0.25) is 4.79 Å². The van der Waals surface area contributed by atoms with E-state index in [-0.39, 0.29) is 5.78 Å². The zero-order valence-corrected chi connectivity index (χ0v) is 16.1. The van der Waals surface area contributed by atoms with E-state index >= 15 is 0 Å². The van der Waals surface area contributed by atoms with Gasteiger partial charge in [0.05, 0.1) is 16.4 Å². The highest BCUT2D eigenvalue weighted by molar-refractivity contribution is 8.00. The van der Waals surface area contributed by atoms with Crippen molar-refractivity contribution >= 4 is 23.4 Å². The number of carbonyl (C=O) groups is 1. The maximum absolute atomic E-state index is 12.3. The Morgan fingerprint density at radius 3 is 2.27 bits per heavy atom. The number of nitriles is 2. The van der Waals surface area contributed by atoms with Crippen molar-refractivity contribution in [1.82, 2.24) is 4.98 Å². The van der Waals surface area contributed by atoms with Gasteiger partial charge in [-0.15, -0.1) is 0 Å². The number of nitrogens with zero attached hydrogens (tertiary/aromatic N) is 4. The highest BCUT2D eigenvalue weighted by atomic mass is 32.2. The molecule has 6 heteroatoms. The van der Waals surface area contributed by atoms with Crippen molar-refractivity contribution in [1.29, 1.82) is 10.5 Å². The molecule has 0 amide bonds. The molecule has 0 N–H and O–H groups in total. The molecule has 1 atom stereocenters. The van der Waals surface area contributed by atoms with Gasteiger partial charge >= 0.3 is 0 Å². The van der Waals surface area contributed by atoms with Crippen LogP contribution in [0.1, 0.15) is 41.4 Å². The van der Waals surface area contributed by atoms with Crippen LogP contribution in [0.15, 0.2) is 35.4 Å². The van der Waals surface area contributed by atoms with Crippen LogP contribution in [-0.4, -0.2) is 24.9 Å². The normalized spacial score (nSPS) is 11.3. The summed E-state index contributed by atoms with van der Waals surface area (Å²) in [5, 5.41) is 19.3. The summed E-state index contributed by atoms with van der Waals surface area (Å²) >= 11 is 1.26. The predicted molar refractivity (Wildman–Crippen MR) is 103 cm³/mol. The van der Waals surface area contributed by atoms with E-state index in [4.69, 9.17) is 0 Å². The second-order valence-electron chi connectivity index (χ2n) is 5.96. The zero-order valence-electron chi connectivity index (χ0n) is 15.3. The van der Waals surface area contributed by atoms with Crippen LogP contribution < -0.4 is 4.90 Å². The van der Waals surface area contributed by atoms with Crippen LogP contribution in [0.4, 0.5) is 5.82 Å². The number of rotatable bonds is 6. The van der Waals surface area contributed by atoms with E-state index in [0.717, 1.165) is 5.56 Å². The van der Waals surface area contributed by atoms with E-state index in [1.807, 2.05) is 51.4 Å². The van der Waals surface area contributed by atoms with Crippen LogP contribution in [0.3, 0.4) is 0 Å². The fourth-order valence-electron chi connectivity index (χ4n) is 2.72. The molecule has 1 aromatic carbocycles. The van der Waals surface area contributed by atoms with Crippen molar-refractivity contribution in [3.05, 3.63) is 52.6 Å². The fraction of sp³-hybridized carbons (Fsp3) is 0.300. The van der Waals surface area contributed by atoms with Gasteiger partial charge in [0.25, 0.3) is 0 Å². The molecule has 0 radical (unpaired) electrons. The lowest BCUT2D eigenvalue weighted by Crippen LogP contribution is -2.16. The molecule has 1 unspecified atom stereocenters. The summed E-state index contributed by atoms with van der Waals surface area (Å²) in [6.07, 6.45) is 0.540. The monoisotopic (exact) mass is 364 g/mol. The molecule has 2 rings (SSSR count). The maximum atomic E-state index is 12.3. The molecule has 1 aromatic heterocycles. The van der Waals surface area contributed by atoms with Gasteiger partial charge < -0.3 is 4.90 Å². The van der Waals surface area contributed by atoms with Crippen molar-refractivity contribution < 1.29 is 4.79 Å². The summed E-state index contributed by atoms with van der Waals surface area (Å²) in [4.78, 5) is 18.6. The Balaban J connectivity index is 2.65. The second kappa shape index (κ2) is 8.51. The number of benzene rings is 1. The van der Waals surface area contributed by atoms with Crippen LogP contribution in [0.25, 0.3) is 0 Å². The number of aromatic nitrogens is 1. The van der Waals surface area contributed by atoms with E-state index in [1.165, 1.54) is 18.7 Å². The van der Waals surface area contributed by atoms with Crippen molar-refractivity contribution in [3.63, 3.8) is 0 Å². The average Bonchev–Trinajstić information content (AvgIpc) is 2.64. The molecule has 0 saturated heterocycles. The quantitative estimate of drug-likeness (QED) is 0.724. The first kappa shape index (κ1) is 19.5. The molecule has 0 aliphatic rings. The van der Waals surface area contributed by atoms with Crippen LogP contribution in [0.5, 0.6) is 0 Å². The molecule has 0 spiro atoms. The standard InChI is InChI=1S/C20H20N4OS/c1-5-15-16(11-21)19(24(3)4)23-20(17(15)12-22)26-18(13(2)25)14-9-7-6-8-10-14/h6-10,18H,5H2,1-4H3. The first-order valence-electron chi connectivity index (χ1n) is 8.21. The summed E-state index contributed by atoms with van der Waals surface area (Å²) in [5.41, 5.74) is 2.33. The number of hydrogen-bond donors (Lipinski definition) is 0. The van der Waals surface area contributed by atoms with Gasteiger partial charge in [-0.1, -0.05) is 49.0 Å². The van der Waals surface area contributed by atoms with Gasteiger partial charge in [-0.05, 0) is 24.5 Å². The molecule has 26 heavy (non-hydrogen) atoms. The van der Waals surface area contributed by atoms with E-state index in [0.29, 0.717) is 34.0 Å². The molecule has 2 aromatic rings. The highest BCUT2D eigenvalue weighted by Gasteiger charge is 2.25. The number of thioether (sulfide) groups is 1. The first-order chi connectivity index (χ1) is 12.4. The Bertz CT molecular complexity index is 895. The van der Waals surface area contributed by atoms with Gasteiger partial charge in [0, 0.05) is 14.1 Å². The Morgan fingerprint density at radius 1 is 1.19 bits per heavy atom. The summed E-state index contributed by atoms with van der Waals surface area (Å²) < 4.78 is 0. The Hall–Kier alpha value is -2.83. The highest BCUT2D eigenvalue weighted by Crippen LogP contribution is 2.39. The lowest BCUT2D eigenvalue weighted by atomic mass is 10.0. The van der Waals surface area contributed by atoms with Crippen molar-refractivity contribution in [2.24, 2.45) is 0 Å². The number of anilines is 1. The third-order valence-corrected chi connectivity index (χ3v) is 5.31. The zero-order chi connectivity index (χ0) is 19.3. The minimum absolute atomic E-state index is 0.0132. The Kier molecular flexibility index (Phi) is 6.38. The summed E-state index contributed by atoms with van der Waals surface area (Å²) in [5.74, 6) is 0.502. The smallest absolute Gasteiger partial charge is 0.147 e. The van der Waals surface area contributed by atoms with Gasteiger partial charge in [0.2, 0.25) is 0 Å². The van der Waals surface area contributed by atoms with E-state index in [9.17, 15) is 15.3 Å². The molecule has 0 aliphatic heterocycles. The summed E-state index contributed by atoms with van der Waals surface area (Å²) in [7, 11) is 3.62. The number of Topliss-reactive ketones (excluding diaryl/α,β-unsaturated/α-hetero) is 1. The van der Waals surface area contributed by atoms with Crippen molar-refractivity contribution in [2.75, 3.05) is 19.0 Å². The predicted octanol–water partition coefficient (Wildman–Crippen LogP) is 3.88. The largest absolute Gasteiger partial charge is 0.362 e. The maximum Gasteiger partial charge on any atom is 0.147 e. The Morgan fingerprint density at radius 2 is 1.81 bits per heavy atom. The van der Waals surface area contributed by atoms with Crippen LogP contribution in [0.2, 0.25) is 0 Å². The van der Waals surface area contributed by atoms with Crippen LogP contribution >= 0.6 is 11.8 Å². The SMILES string of the molecule is CCc1c(C#N)c(SC(C(C)=O)c2ccccc2)nc(N(C)C)c1C#N. The average molecular weight is 364 g/mol. The number of carbonyl (C=O) groups excluding carboxylic acids is 1. The van der Waals surface area contributed by atoms with Crippen molar-refractivity contribution in [3.8, 4) is 12.1 Å². The van der Waals surface area contributed by atoms with E-state index in [2.05, 4.69) is 17.1 Å². The second-order valence-corrected chi connectivity index (χ2v) is 7.05. The molecule has 0 aliphatic carbocycles. The molecule has 132 valence electrons. The van der Waals surface area contributed by atoms with Crippen LogP contribution in [0, 0.1) is 22.7 Å². The van der Waals surface area contributed by atoms with Gasteiger partial charge in [-0.2, -0.15) is 10.5 Å². The minimum Gasteiger partial charge on any atom is -0.362 e. The molecule has 5 nitrogen and oxygen atoms in total. The molecular weight excluding hydrogens is 344 g/mol. The van der Waals surface area contributed by atoms with Gasteiger partial charge in [0.15, 0.2) is 0 Å². The number of hydrogen-bond acceptors (Lipinski definition) is 6. The molecule has 0 saturated carbocycles. The Labute approximate surface area is 158 Å². The van der Waals surface area contributed by atoms with Crippen molar-refractivity contribution in [2.45, 2.75) is 30.5 Å². The third kappa shape index (κ3) is 3.87. The van der Waals surface area contributed by atoms with Gasteiger partial charge in [-0.25, -0.2) is 4.98 Å². The van der Waals surface area contributed by atoms with Crippen LogP contribution in [-0.2, 0) is 11.2 Å². The lowest BCUT2D eigenvalue weighted by molar-refractivity contribution is -0.116. The molecule has 0 bridgehead atoms.